The number of hydrogen-bond acceptors (Lipinski definition) is 4. The Kier molecular flexibility index (Phi) is 6.31. The van der Waals surface area contributed by atoms with Crippen LogP contribution >= 0.6 is 0 Å². The number of rotatable bonds is 6. The van der Waals surface area contributed by atoms with Crippen LogP contribution in [-0.4, -0.2) is 35.1 Å². The van der Waals surface area contributed by atoms with Crippen molar-refractivity contribution in [1.82, 2.24) is 14.9 Å². The number of fused-ring (bicyclic) bond motifs is 1. The van der Waals surface area contributed by atoms with E-state index in [1.54, 1.807) is 7.11 Å². The monoisotopic (exact) mass is 441 g/mol. The summed E-state index contributed by atoms with van der Waals surface area (Å²) in [7, 11) is 1.69. The van der Waals surface area contributed by atoms with Gasteiger partial charge >= 0.3 is 0 Å². The van der Waals surface area contributed by atoms with Crippen molar-refractivity contribution >= 4 is 10.9 Å². The number of aromatic nitrogens is 2. The number of ether oxygens (including phenoxy) is 1. The SMILES string of the molecule is COc1cccc2ccc(CN3CCC(c4ccc(Cc5ccc(F)cc5)cn4)CC3)nc12. The predicted octanol–water partition coefficient (Wildman–Crippen LogP) is 5.75. The molecule has 4 nitrogen and oxygen atoms in total. The van der Waals surface area contributed by atoms with Crippen LogP contribution < -0.4 is 4.74 Å². The van der Waals surface area contributed by atoms with Crippen LogP contribution in [-0.2, 0) is 13.0 Å². The summed E-state index contributed by atoms with van der Waals surface area (Å²) in [5.74, 6) is 1.11. The molecular weight excluding hydrogens is 413 g/mol. The van der Waals surface area contributed by atoms with Crippen molar-refractivity contribution in [1.29, 1.82) is 0 Å². The number of benzene rings is 2. The van der Waals surface area contributed by atoms with Gasteiger partial charge in [-0.15, -0.1) is 0 Å². The van der Waals surface area contributed by atoms with Crippen LogP contribution in [0.3, 0.4) is 0 Å². The summed E-state index contributed by atoms with van der Waals surface area (Å²) < 4.78 is 18.6. The molecule has 33 heavy (non-hydrogen) atoms. The number of likely N-dealkylation sites (tertiary alicyclic amines) is 1. The fraction of sp³-hybridized carbons (Fsp3) is 0.286. The molecule has 5 rings (SSSR count). The Bertz CT molecular complexity index is 1220. The van der Waals surface area contributed by atoms with Crippen molar-refractivity contribution in [3.63, 3.8) is 0 Å². The highest BCUT2D eigenvalue weighted by Gasteiger charge is 2.22. The maximum absolute atomic E-state index is 13.1. The standard InChI is InChI=1S/C28H28FN3O/c1-33-27-4-2-3-23-8-11-25(31-28(23)27)19-32-15-13-22(14-16-32)26-12-7-21(18-30-26)17-20-5-9-24(29)10-6-20/h2-12,18,22H,13-17,19H2,1H3. The molecule has 0 spiro atoms. The summed E-state index contributed by atoms with van der Waals surface area (Å²) >= 11 is 0. The number of para-hydroxylation sites is 1. The van der Waals surface area contributed by atoms with Gasteiger partial charge in [-0.1, -0.05) is 36.4 Å². The smallest absolute Gasteiger partial charge is 0.145 e. The van der Waals surface area contributed by atoms with Crippen LogP contribution in [0, 0.1) is 5.82 Å². The summed E-state index contributed by atoms with van der Waals surface area (Å²) in [6.07, 6.45) is 4.94. The fourth-order valence-electron chi connectivity index (χ4n) is 4.65. The van der Waals surface area contributed by atoms with Crippen molar-refractivity contribution in [2.75, 3.05) is 20.2 Å². The van der Waals surface area contributed by atoms with E-state index < -0.39 is 0 Å². The molecule has 1 fully saturated rings. The first-order chi connectivity index (χ1) is 16.2. The van der Waals surface area contributed by atoms with E-state index in [1.807, 2.05) is 30.5 Å². The molecule has 0 amide bonds. The van der Waals surface area contributed by atoms with Gasteiger partial charge in [0.2, 0.25) is 0 Å². The summed E-state index contributed by atoms with van der Waals surface area (Å²) in [5, 5.41) is 1.10. The third-order valence-corrected chi connectivity index (χ3v) is 6.52. The summed E-state index contributed by atoms with van der Waals surface area (Å²) in [6.45, 7) is 2.93. The van der Waals surface area contributed by atoms with Gasteiger partial charge in [-0.05, 0) is 73.8 Å². The molecule has 2 aromatic carbocycles. The molecule has 0 radical (unpaired) electrons. The number of pyridine rings is 2. The van der Waals surface area contributed by atoms with Gasteiger partial charge < -0.3 is 4.74 Å². The van der Waals surface area contributed by atoms with Crippen LogP contribution in [0.5, 0.6) is 5.75 Å². The van der Waals surface area contributed by atoms with Gasteiger partial charge in [0.05, 0.1) is 12.8 Å². The zero-order valence-corrected chi connectivity index (χ0v) is 18.9. The lowest BCUT2D eigenvalue weighted by Crippen LogP contribution is -2.33. The Morgan fingerprint density at radius 1 is 0.939 bits per heavy atom. The van der Waals surface area contributed by atoms with E-state index in [4.69, 9.17) is 14.7 Å². The Morgan fingerprint density at radius 3 is 2.45 bits per heavy atom. The molecule has 4 aromatic rings. The third kappa shape index (κ3) is 5.04. The average molecular weight is 442 g/mol. The Hall–Kier alpha value is -3.31. The maximum atomic E-state index is 13.1. The molecule has 0 saturated carbocycles. The Balaban J connectivity index is 1.18. The number of hydrogen-bond donors (Lipinski definition) is 0. The second-order valence-electron chi connectivity index (χ2n) is 8.78. The number of methoxy groups -OCH3 is 1. The van der Waals surface area contributed by atoms with Gasteiger partial charge in [0.1, 0.15) is 17.1 Å². The molecule has 0 unspecified atom stereocenters. The van der Waals surface area contributed by atoms with E-state index in [0.717, 1.165) is 72.4 Å². The summed E-state index contributed by atoms with van der Waals surface area (Å²) in [5.41, 5.74) is 5.43. The Labute approximate surface area is 194 Å². The lowest BCUT2D eigenvalue weighted by molar-refractivity contribution is 0.201. The van der Waals surface area contributed by atoms with Gasteiger partial charge in [-0.2, -0.15) is 0 Å². The van der Waals surface area contributed by atoms with Crippen molar-refractivity contribution < 1.29 is 9.13 Å². The zero-order valence-electron chi connectivity index (χ0n) is 18.9. The minimum absolute atomic E-state index is 0.199. The van der Waals surface area contributed by atoms with Gasteiger partial charge in [-0.3, -0.25) is 9.88 Å². The average Bonchev–Trinajstić information content (AvgIpc) is 2.86. The van der Waals surface area contributed by atoms with Gasteiger partial charge in [0.15, 0.2) is 0 Å². The molecule has 5 heteroatoms. The minimum atomic E-state index is -0.199. The number of piperidine rings is 1. The number of nitrogens with zero attached hydrogens (tertiary/aromatic N) is 3. The molecule has 0 aliphatic carbocycles. The normalized spacial score (nSPS) is 15.1. The molecule has 0 N–H and O–H groups in total. The molecule has 0 bridgehead atoms. The zero-order chi connectivity index (χ0) is 22.6. The first-order valence-electron chi connectivity index (χ1n) is 11.5. The molecule has 1 aliphatic rings. The van der Waals surface area contributed by atoms with Crippen molar-refractivity contribution in [2.45, 2.75) is 31.7 Å². The van der Waals surface area contributed by atoms with Crippen LogP contribution in [0.25, 0.3) is 10.9 Å². The van der Waals surface area contributed by atoms with E-state index in [-0.39, 0.29) is 5.82 Å². The second-order valence-corrected chi connectivity index (χ2v) is 8.78. The van der Waals surface area contributed by atoms with Crippen LogP contribution in [0.2, 0.25) is 0 Å². The summed E-state index contributed by atoms with van der Waals surface area (Å²) in [6, 6.07) is 21.3. The lowest BCUT2D eigenvalue weighted by atomic mass is 9.92. The first-order valence-corrected chi connectivity index (χ1v) is 11.5. The largest absolute Gasteiger partial charge is 0.494 e. The molecule has 168 valence electrons. The molecule has 3 heterocycles. The van der Waals surface area contributed by atoms with E-state index in [1.165, 1.54) is 17.8 Å². The van der Waals surface area contributed by atoms with Gasteiger partial charge in [0.25, 0.3) is 0 Å². The predicted molar refractivity (Wildman–Crippen MR) is 129 cm³/mol. The van der Waals surface area contributed by atoms with Crippen LogP contribution in [0.4, 0.5) is 4.39 Å². The maximum Gasteiger partial charge on any atom is 0.145 e. The quantitative estimate of drug-likeness (QED) is 0.382. The molecular formula is C28H28FN3O. The molecule has 2 aromatic heterocycles. The number of halogens is 1. The van der Waals surface area contributed by atoms with Crippen molar-refractivity contribution in [3.05, 3.63) is 101 Å². The topological polar surface area (TPSA) is 38.2 Å². The second kappa shape index (κ2) is 9.67. The van der Waals surface area contributed by atoms with Gasteiger partial charge in [-0.25, -0.2) is 9.37 Å². The fourth-order valence-corrected chi connectivity index (χ4v) is 4.65. The minimum Gasteiger partial charge on any atom is -0.494 e. The molecule has 0 atom stereocenters. The van der Waals surface area contributed by atoms with Crippen LogP contribution in [0.1, 0.15) is 41.3 Å². The first kappa shape index (κ1) is 21.5. The van der Waals surface area contributed by atoms with E-state index >= 15 is 0 Å². The van der Waals surface area contributed by atoms with Crippen molar-refractivity contribution in [2.24, 2.45) is 0 Å². The highest BCUT2D eigenvalue weighted by Crippen LogP contribution is 2.28. The van der Waals surface area contributed by atoms with Crippen LogP contribution in [0.15, 0.2) is 72.9 Å². The third-order valence-electron chi connectivity index (χ3n) is 6.52. The molecule has 1 saturated heterocycles. The molecule has 1 aliphatic heterocycles. The Morgan fingerprint density at radius 2 is 1.73 bits per heavy atom. The van der Waals surface area contributed by atoms with Crippen molar-refractivity contribution in [3.8, 4) is 5.75 Å². The highest BCUT2D eigenvalue weighted by atomic mass is 19.1. The van der Waals surface area contributed by atoms with Gasteiger partial charge in [0, 0.05) is 29.7 Å². The highest BCUT2D eigenvalue weighted by molar-refractivity contribution is 5.84. The van der Waals surface area contributed by atoms with E-state index in [0.29, 0.717) is 5.92 Å². The summed E-state index contributed by atoms with van der Waals surface area (Å²) in [4.78, 5) is 12.1. The van der Waals surface area contributed by atoms with E-state index in [2.05, 4.69) is 35.2 Å². The van der Waals surface area contributed by atoms with E-state index in [9.17, 15) is 4.39 Å². The lowest BCUT2D eigenvalue weighted by Gasteiger charge is -2.31.